The largest absolute Gasteiger partial charge is 0.393 e. The van der Waals surface area contributed by atoms with Crippen LogP contribution in [0.5, 0.6) is 0 Å². The van der Waals surface area contributed by atoms with Crippen LogP contribution in [0.1, 0.15) is 23.2 Å². The topological polar surface area (TPSA) is 83.7 Å². The average Bonchev–Trinajstić information content (AvgIpc) is 2.37. The Kier molecular flexibility index (Phi) is 4.46. The van der Waals surface area contributed by atoms with Gasteiger partial charge in [-0.3, -0.25) is 19.8 Å². The Morgan fingerprint density at radius 1 is 1.50 bits per heavy atom. The van der Waals surface area contributed by atoms with Gasteiger partial charge in [0.05, 0.1) is 17.6 Å². The van der Waals surface area contributed by atoms with Gasteiger partial charge in [0.25, 0.3) is 5.69 Å². The fourth-order valence-electron chi connectivity index (χ4n) is 2.48. The summed E-state index contributed by atoms with van der Waals surface area (Å²) in [6.45, 7) is 0.992. The Balaban J connectivity index is 1.90. The first-order valence-corrected chi connectivity index (χ1v) is 6.60. The average molecular weight is 278 g/mol. The number of hydrogen-bond acceptors (Lipinski definition) is 5. The van der Waals surface area contributed by atoms with E-state index in [4.69, 9.17) is 0 Å². The van der Waals surface area contributed by atoms with Crippen molar-refractivity contribution in [3.8, 4) is 0 Å². The summed E-state index contributed by atoms with van der Waals surface area (Å²) in [4.78, 5) is 24.1. The van der Waals surface area contributed by atoms with Crippen molar-refractivity contribution < 1.29 is 14.8 Å². The summed E-state index contributed by atoms with van der Waals surface area (Å²) in [5, 5.41) is 19.9. The van der Waals surface area contributed by atoms with Gasteiger partial charge in [-0.05, 0) is 25.8 Å². The van der Waals surface area contributed by atoms with Crippen molar-refractivity contribution in [3.63, 3.8) is 0 Å². The van der Waals surface area contributed by atoms with Gasteiger partial charge in [-0.2, -0.15) is 0 Å². The van der Waals surface area contributed by atoms with Crippen LogP contribution in [0.15, 0.2) is 24.3 Å². The fraction of sp³-hybridized carbons (Fsp3) is 0.500. The highest BCUT2D eigenvalue weighted by atomic mass is 16.6. The minimum atomic E-state index is -0.504. The second-order valence-corrected chi connectivity index (χ2v) is 5.42. The van der Waals surface area contributed by atoms with E-state index in [9.17, 15) is 20.0 Å². The van der Waals surface area contributed by atoms with Crippen LogP contribution >= 0.6 is 0 Å². The number of benzene rings is 1. The number of Topliss-reactive ketones (excluding diaryl/α,β-unsaturated/α-hetero) is 1. The molecule has 20 heavy (non-hydrogen) atoms. The molecule has 1 N–H and O–H groups in total. The van der Waals surface area contributed by atoms with E-state index in [1.807, 2.05) is 11.9 Å². The predicted molar refractivity (Wildman–Crippen MR) is 73.7 cm³/mol. The lowest BCUT2D eigenvalue weighted by molar-refractivity contribution is -0.384. The molecule has 6 heteroatoms. The number of nitrogens with zero attached hydrogens (tertiary/aromatic N) is 2. The van der Waals surface area contributed by atoms with Gasteiger partial charge < -0.3 is 5.11 Å². The molecule has 0 amide bonds. The van der Waals surface area contributed by atoms with Crippen molar-refractivity contribution in [2.75, 3.05) is 20.1 Å². The summed E-state index contributed by atoms with van der Waals surface area (Å²) in [5.74, 6) is 0.309. The second kappa shape index (κ2) is 6.11. The molecule has 0 atom stereocenters. The lowest BCUT2D eigenvalue weighted by atomic mass is 9.82. The number of ketones is 1. The van der Waals surface area contributed by atoms with Crippen molar-refractivity contribution in [1.82, 2.24) is 4.90 Å². The summed E-state index contributed by atoms with van der Waals surface area (Å²) in [6, 6.07) is 5.80. The van der Waals surface area contributed by atoms with Crippen LogP contribution in [0.2, 0.25) is 0 Å². The number of hydrogen-bond donors (Lipinski definition) is 1. The lowest BCUT2D eigenvalue weighted by Crippen LogP contribution is -2.38. The standard InChI is InChI=1S/C14H18N2O4/c1-15(8-10-5-13(17)6-10)9-14(18)11-3-2-4-12(7-11)16(19)20/h2-4,7,10,13,17H,5-6,8-9H2,1H3. The van der Waals surface area contributed by atoms with Crippen molar-refractivity contribution in [2.45, 2.75) is 18.9 Å². The SMILES string of the molecule is CN(CC(=O)c1cccc([N+](=O)[O-])c1)CC1CC(O)C1. The number of aliphatic hydroxyl groups is 1. The zero-order chi connectivity index (χ0) is 14.7. The number of nitro groups is 1. The van der Waals surface area contributed by atoms with Gasteiger partial charge >= 0.3 is 0 Å². The van der Waals surface area contributed by atoms with E-state index in [0.29, 0.717) is 11.5 Å². The first-order valence-electron chi connectivity index (χ1n) is 6.60. The Labute approximate surface area is 117 Å². The van der Waals surface area contributed by atoms with E-state index in [0.717, 1.165) is 19.4 Å². The number of aliphatic hydroxyl groups excluding tert-OH is 1. The smallest absolute Gasteiger partial charge is 0.270 e. The van der Waals surface area contributed by atoms with Crippen LogP contribution < -0.4 is 0 Å². The Hall–Kier alpha value is -1.79. The summed E-state index contributed by atoms with van der Waals surface area (Å²) < 4.78 is 0. The van der Waals surface area contributed by atoms with Gasteiger partial charge in [-0.1, -0.05) is 12.1 Å². The maximum atomic E-state index is 12.1. The molecule has 1 aromatic carbocycles. The third kappa shape index (κ3) is 3.61. The van der Waals surface area contributed by atoms with Crippen molar-refractivity contribution in [2.24, 2.45) is 5.92 Å². The van der Waals surface area contributed by atoms with E-state index in [2.05, 4.69) is 0 Å². The third-order valence-electron chi connectivity index (χ3n) is 3.57. The number of likely N-dealkylation sites (N-methyl/N-ethyl adjacent to an activating group) is 1. The molecule has 108 valence electrons. The minimum absolute atomic E-state index is 0.0689. The molecule has 1 aromatic rings. The van der Waals surface area contributed by atoms with Crippen molar-refractivity contribution in [3.05, 3.63) is 39.9 Å². The van der Waals surface area contributed by atoms with Crippen LogP contribution in [0.3, 0.4) is 0 Å². The lowest BCUT2D eigenvalue weighted by Gasteiger charge is -2.34. The normalized spacial score (nSPS) is 21.6. The van der Waals surface area contributed by atoms with Gasteiger partial charge in [-0.15, -0.1) is 0 Å². The molecule has 0 saturated heterocycles. The van der Waals surface area contributed by atoms with Gasteiger partial charge in [0.15, 0.2) is 5.78 Å². The zero-order valence-corrected chi connectivity index (χ0v) is 11.4. The predicted octanol–water partition coefficient (Wildman–Crippen LogP) is 1.48. The first kappa shape index (κ1) is 14.6. The summed E-state index contributed by atoms with van der Waals surface area (Å²) in [5.41, 5.74) is 0.292. The first-order chi connectivity index (χ1) is 9.45. The maximum absolute atomic E-state index is 12.1. The quantitative estimate of drug-likeness (QED) is 0.484. The molecule has 1 aliphatic carbocycles. The highest BCUT2D eigenvalue weighted by Crippen LogP contribution is 2.27. The molecule has 1 aliphatic rings. The Morgan fingerprint density at radius 3 is 2.80 bits per heavy atom. The fourth-order valence-corrected chi connectivity index (χ4v) is 2.48. The van der Waals surface area contributed by atoms with Crippen LogP contribution in [0, 0.1) is 16.0 Å². The number of carbonyl (C=O) groups is 1. The highest BCUT2D eigenvalue weighted by molar-refractivity contribution is 5.98. The van der Waals surface area contributed by atoms with Crippen LogP contribution in [-0.2, 0) is 0 Å². The van der Waals surface area contributed by atoms with Crippen molar-refractivity contribution in [1.29, 1.82) is 0 Å². The molecule has 0 bridgehead atoms. The number of carbonyl (C=O) groups excluding carboxylic acids is 1. The number of rotatable bonds is 6. The monoisotopic (exact) mass is 278 g/mol. The van der Waals surface area contributed by atoms with Crippen molar-refractivity contribution >= 4 is 11.5 Å². The summed E-state index contributed by atoms with van der Waals surface area (Å²) in [7, 11) is 1.85. The minimum Gasteiger partial charge on any atom is -0.393 e. The Bertz CT molecular complexity index is 512. The van der Waals surface area contributed by atoms with E-state index in [1.54, 1.807) is 6.07 Å². The molecule has 1 saturated carbocycles. The summed E-state index contributed by atoms with van der Waals surface area (Å²) in [6.07, 6.45) is 1.38. The van der Waals surface area contributed by atoms with E-state index >= 15 is 0 Å². The molecule has 0 aromatic heterocycles. The van der Waals surface area contributed by atoms with Crippen LogP contribution in [0.25, 0.3) is 0 Å². The second-order valence-electron chi connectivity index (χ2n) is 5.42. The molecular formula is C14H18N2O4. The van der Waals surface area contributed by atoms with Crippen LogP contribution in [-0.4, -0.2) is 47.0 Å². The molecule has 1 fully saturated rings. The van der Waals surface area contributed by atoms with Gasteiger partial charge in [0.1, 0.15) is 0 Å². The molecule has 0 unspecified atom stereocenters. The molecule has 0 radical (unpaired) electrons. The number of nitro benzene ring substituents is 1. The zero-order valence-electron chi connectivity index (χ0n) is 11.4. The molecule has 0 spiro atoms. The molecule has 6 nitrogen and oxygen atoms in total. The van der Waals surface area contributed by atoms with Gasteiger partial charge in [0, 0.05) is 24.2 Å². The van der Waals surface area contributed by atoms with E-state index < -0.39 is 4.92 Å². The molecular weight excluding hydrogens is 260 g/mol. The number of non-ortho nitro benzene ring substituents is 1. The van der Waals surface area contributed by atoms with E-state index in [-0.39, 0.29) is 24.1 Å². The van der Waals surface area contributed by atoms with Crippen LogP contribution in [0.4, 0.5) is 5.69 Å². The molecule has 0 aliphatic heterocycles. The van der Waals surface area contributed by atoms with E-state index in [1.165, 1.54) is 18.2 Å². The van der Waals surface area contributed by atoms with Gasteiger partial charge in [0.2, 0.25) is 0 Å². The van der Waals surface area contributed by atoms with Gasteiger partial charge in [-0.25, -0.2) is 0 Å². The summed E-state index contributed by atoms with van der Waals surface area (Å²) >= 11 is 0. The third-order valence-corrected chi connectivity index (χ3v) is 3.57. The highest BCUT2D eigenvalue weighted by Gasteiger charge is 2.28. The Morgan fingerprint density at radius 2 is 2.20 bits per heavy atom. The maximum Gasteiger partial charge on any atom is 0.270 e. The molecule has 0 heterocycles. The molecule has 2 rings (SSSR count).